The van der Waals surface area contributed by atoms with Crippen molar-refractivity contribution in [2.75, 3.05) is 40.1 Å². The van der Waals surface area contributed by atoms with Gasteiger partial charge in [-0.1, -0.05) is 24.0 Å². The molecule has 0 aliphatic heterocycles. The predicted octanol–water partition coefficient (Wildman–Crippen LogP) is 0.423. The van der Waals surface area contributed by atoms with E-state index in [2.05, 4.69) is 17.2 Å². The Morgan fingerprint density at radius 3 is 2.85 bits per heavy atom. The van der Waals surface area contributed by atoms with E-state index in [1.807, 2.05) is 0 Å². The fourth-order valence-electron chi connectivity index (χ4n) is 1.50. The SMILES string of the molecule is COCCOCCNC(=O)c1ccccc1C#CCO. The number of hydrogen-bond donors (Lipinski definition) is 2. The summed E-state index contributed by atoms with van der Waals surface area (Å²) in [5, 5.41) is 11.5. The van der Waals surface area contributed by atoms with E-state index in [1.54, 1.807) is 31.4 Å². The lowest BCUT2D eigenvalue weighted by molar-refractivity contribution is 0.0692. The van der Waals surface area contributed by atoms with Crippen LogP contribution < -0.4 is 5.32 Å². The fourth-order valence-corrected chi connectivity index (χ4v) is 1.50. The van der Waals surface area contributed by atoms with Crippen LogP contribution >= 0.6 is 0 Å². The van der Waals surface area contributed by atoms with Gasteiger partial charge in [-0.3, -0.25) is 4.79 Å². The topological polar surface area (TPSA) is 67.8 Å². The van der Waals surface area contributed by atoms with E-state index >= 15 is 0 Å². The highest BCUT2D eigenvalue weighted by Gasteiger charge is 2.08. The number of benzene rings is 1. The number of ether oxygens (including phenoxy) is 2. The van der Waals surface area contributed by atoms with Crippen LogP contribution in [0.25, 0.3) is 0 Å². The summed E-state index contributed by atoms with van der Waals surface area (Å²) in [6, 6.07) is 7.01. The minimum absolute atomic E-state index is 0.205. The number of methoxy groups -OCH3 is 1. The summed E-state index contributed by atoms with van der Waals surface area (Å²) < 4.78 is 10.1. The first-order valence-corrected chi connectivity index (χ1v) is 6.33. The smallest absolute Gasteiger partial charge is 0.252 e. The van der Waals surface area contributed by atoms with Crippen molar-refractivity contribution >= 4 is 5.91 Å². The second-order valence-electron chi connectivity index (χ2n) is 3.87. The summed E-state index contributed by atoms with van der Waals surface area (Å²) in [5.41, 5.74) is 1.09. The summed E-state index contributed by atoms with van der Waals surface area (Å²) >= 11 is 0. The van der Waals surface area contributed by atoms with E-state index in [9.17, 15) is 4.79 Å². The molecule has 1 aromatic rings. The highest BCUT2D eigenvalue weighted by Crippen LogP contribution is 2.06. The van der Waals surface area contributed by atoms with Gasteiger partial charge < -0.3 is 19.9 Å². The van der Waals surface area contributed by atoms with Gasteiger partial charge in [0.25, 0.3) is 5.91 Å². The third-order valence-electron chi connectivity index (χ3n) is 2.44. The summed E-state index contributed by atoms with van der Waals surface area (Å²) in [7, 11) is 1.61. The average molecular weight is 277 g/mol. The van der Waals surface area contributed by atoms with Crippen LogP contribution in [0.3, 0.4) is 0 Å². The molecule has 0 bridgehead atoms. The number of carbonyl (C=O) groups excluding carboxylic acids is 1. The maximum Gasteiger partial charge on any atom is 0.252 e. The van der Waals surface area contributed by atoms with Crippen LogP contribution in [0.15, 0.2) is 24.3 Å². The highest BCUT2D eigenvalue weighted by molar-refractivity contribution is 5.96. The lowest BCUT2D eigenvalue weighted by atomic mass is 10.1. The molecule has 5 heteroatoms. The van der Waals surface area contributed by atoms with Crippen LogP contribution in [0.1, 0.15) is 15.9 Å². The van der Waals surface area contributed by atoms with E-state index < -0.39 is 0 Å². The van der Waals surface area contributed by atoms with Crippen molar-refractivity contribution in [2.24, 2.45) is 0 Å². The van der Waals surface area contributed by atoms with Crippen molar-refractivity contribution in [3.8, 4) is 11.8 Å². The van der Waals surface area contributed by atoms with Crippen LogP contribution in [-0.2, 0) is 9.47 Å². The molecular formula is C15H19NO4. The zero-order chi connectivity index (χ0) is 14.6. The Labute approximate surface area is 118 Å². The van der Waals surface area contributed by atoms with Gasteiger partial charge in [-0.15, -0.1) is 0 Å². The normalized spacial score (nSPS) is 9.70. The van der Waals surface area contributed by atoms with Crippen LogP contribution in [-0.4, -0.2) is 51.1 Å². The summed E-state index contributed by atoms with van der Waals surface area (Å²) in [6.45, 7) is 1.66. The molecule has 0 aliphatic carbocycles. The number of nitrogens with one attached hydrogen (secondary N) is 1. The molecule has 108 valence electrons. The van der Waals surface area contributed by atoms with Gasteiger partial charge in [0, 0.05) is 19.2 Å². The predicted molar refractivity (Wildman–Crippen MR) is 75.4 cm³/mol. The van der Waals surface area contributed by atoms with E-state index in [1.165, 1.54) is 0 Å². The second-order valence-corrected chi connectivity index (χ2v) is 3.87. The summed E-state index contributed by atoms with van der Waals surface area (Å²) in [6.07, 6.45) is 0. The zero-order valence-electron chi connectivity index (χ0n) is 11.5. The lowest BCUT2D eigenvalue weighted by Gasteiger charge is -2.07. The van der Waals surface area contributed by atoms with Crippen LogP contribution in [0.2, 0.25) is 0 Å². The van der Waals surface area contributed by atoms with Gasteiger partial charge >= 0.3 is 0 Å². The van der Waals surface area contributed by atoms with Crippen LogP contribution in [0.5, 0.6) is 0 Å². The average Bonchev–Trinajstić information content (AvgIpc) is 2.48. The molecule has 0 fully saturated rings. The van der Waals surface area contributed by atoms with Crippen LogP contribution in [0.4, 0.5) is 0 Å². The molecule has 0 aliphatic rings. The van der Waals surface area contributed by atoms with Gasteiger partial charge in [-0.2, -0.15) is 0 Å². The van der Waals surface area contributed by atoms with E-state index in [-0.39, 0.29) is 12.5 Å². The molecule has 2 N–H and O–H groups in total. The minimum atomic E-state index is -0.233. The molecule has 0 atom stereocenters. The van der Waals surface area contributed by atoms with Crippen molar-refractivity contribution in [1.29, 1.82) is 0 Å². The molecule has 0 saturated heterocycles. The summed E-state index contributed by atoms with van der Waals surface area (Å²) in [5.74, 6) is 5.09. The fraction of sp³-hybridized carbons (Fsp3) is 0.400. The number of aliphatic hydroxyl groups excluding tert-OH is 1. The number of carbonyl (C=O) groups is 1. The maximum absolute atomic E-state index is 12.0. The largest absolute Gasteiger partial charge is 0.384 e. The first-order chi connectivity index (χ1) is 9.79. The quantitative estimate of drug-likeness (QED) is 0.560. The molecular weight excluding hydrogens is 258 g/mol. The van der Waals surface area contributed by atoms with Crippen molar-refractivity contribution in [1.82, 2.24) is 5.32 Å². The monoisotopic (exact) mass is 277 g/mol. The summed E-state index contributed by atoms with van der Waals surface area (Å²) in [4.78, 5) is 12.0. The first kappa shape index (κ1) is 16.2. The maximum atomic E-state index is 12.0. The van der Waals surface area contributed by atoms with Crippen molar-refractivity contribution in [3.05, 3.63) is 35.4 Å². The van der Waals surface area contributed by atoms with E-state index in [0.717, 1.165) is 0 Å². The van der Waals surface area contributed by atoms with Crippen molar-refractivity contribution in [2.45, 2.75) is 0 Å². The molecule has 0 spiro atoms. The molecule has 5 nitrogen and oxygen atoms in total. The standard InChI is InChI=1S/C15H19NO4/c1-19-11-12-20-10-8-16-15(18)14-7-3-2-5-13(14)6-4-9-17/h2-3,5,7,17H,8-12H2,1H3,(H,16,18). The van der Waals surface area contributed by atoms with Gasteiger partial charge in [0.1, 0.15) is 6.61 Å². The molecule has 0 unspecified atom stereocenters. The lowest BCUT2D eigenvalue weighted by Crippen LogP contribution is -2.28. The molecule has 0 saturated carbocycles. The molecule has 1 rings (SSSR count). The van der Waals surface area contributed by atoms with Crippen molar-refractivity contribution in [3.63, 3.8) is 0 Å². The van der Waals surface area contributed by atoms with Gasteiger partial charge in [-0.05, 0) is 12.1 Å². The van der Waals surface area contributed by atoms with Gasteiger partial charge in [0.05, 0.1) is 25.4 Å². The number of hydrogen-bond acceptors (Lipinski definition) is 4. The number of amides is 1. The molecule has 0 heterocycles. The Balaban J connectivity index is 2.47. The Bertz CT molecular complexity index is 476. The molecule has 20 heavy (non-hydrogen) atoms. The van der Waals surface area contributed by atoms with E-state index in [4.69, 9.17) is 14.6 Å². The Morgan fingerprint density at radius 1 is 1.30 bits per heavy atom. The Hall–Kier alpha value is -1.87. The van der Waals surface area contributed by atoms with Gasteiger partial charge in [0.2, 0.25) is 0 Å². The molecule has 1 aromatic carbocycles. The van der Waals surface area contributed by atoms with Crippen LogP contribution in [0, 0.1) is 11.8 Å². The van der Waals surface area contributed by atoms with Gasteiger partial charge in [-0.25, -0.2) is 0 Å². The Kier molecular flexibility index (Phi) is 8.08. The zero-order valence-corrected chi connectivity index (χ0v) is 11.5. The van der Waals surface area contributed by atoms with Crippen molar-refractivity contribution < 1.29 is 19.4 Å². The second kappa shape index (κ2) is 9.98. The third kappa shape index (κ3) is 5.85. The number of rotatable bonds is 7. The Morgan fingerprint density at radius 2 is 2.10 bits per heavy atom. The molecule has 0 aromatic heterocycles. The van der Waals surface area contributed by atoms with Gasteiger partial charge in [0.15, 0.2) is 0 Å². The third-order valence-corrected chi connectivity index (χ3v) is 2.44. The highest BCUT2D eigenvalue weighted by atomic mass is 16.5. The first-order valence-electron chi connectivity index (χ1n) is 6.33. The molecule has 0 radical (unpaired) electrons. The number of aliphatic hydroxyl groups is 1. The minimum Gasteiger partial charge on any atom is -0.384 e. The molecule has 1 amide bonds. The van der Waals surface area contributed by atoms with E-state index in [0.29, 0.717) is 37.5 Å².